The Hall–Kier alpha value is -2.11. The Labute approximate surface area is 379 Å². The molecule has 61 heavy (non-hydrogen) atoms. The fourth-order valence-electron chi connectivity index (χ4n) is 7.84. The lowest BCUT2D eigenvalue weighted by Crippen LogP contribution is -2.30. The van der Waals surface area contributed by atoms with Crippen LogP contribution in [0.15, 0.2) is 24.3 Å². The van der Waals surface area contributed by atoms with Gasteiger partial charge in [-0.1, -0.05) is 225 Å². The predicted molar refractivity (Wildman–Crippen MR) is 261 cm³/mol. The molecule has 1 atom stereocenters. The first kappa shape index (κ1) is 58.9. The SMILES string of the molecule is CCCCCCCC/C=C\CCCCCCCC(=O)OCC(COC(=O)CCCCCCCCCCCCCCC)O[13C](=O)[13CH2][13CH2][13CH2][13CH2][13CH2][13CH2][13CH2]/[13CH]=[13CH]\[13CH2][13CH2][13CH2][13CH2][13CH2][13CH2][13CH2][13CH3]. The molecule has 0 aliphatic carbocycles. The van der Waals surface area contributed by atoms with Crippen LogP contribution in [0.1, 0.15) is 290 Å². The van der Waals surface area contributed by atoms with Crippen LogP contribution < -0.4 is 0 Å². The molecule has 0 fully saturated rings. The molecule has 0 rings (SSSR count). The molecule has 0 N–H and O–H groups in total. The number of hydrogen-bond acceptors (Lipinski definition) is 6. The zero-order valence-corrected chi connectivity index (χ0v) is 40.9. The molecular formula is C55H102O6. The van der Waals surface area contributed by atoms with Crippen molar-refractivity contribution in [3.05, 3.63) is 24.3 Å². The van der Waals surface area contributed by atoms with E-state index < -0.39 is 6.10 Å². The number of carbonyl (C=O) groups excluding carboxylic acids is 3. The Bertz CT molecular complexity index is 989. The van der Waals surface area contributed by atoms with Crippen LogP contribution in [0, 0.1) is 0 Å². The second-order valence-electron chi connectivity index (χ2n) is 18.1. The van der Waals surface area contributed by atoms with E-state index in [4.69, 9.17) is 14.2 Å². The third-order valence-electron chi connectivity index (χ3n) is 11.9. The molecule has 0 aliphatic rings. The summed E-state index contributed by atoms with van der Waals surface area (Å²) in [4.78, 5) is 38.0. The predicted octanol–water partition coefficient (Wildman–Crippen LogP) is 17.5. The molecule has 0 aromatic carbocycles. The molecule has 0 spiro atoms. The highest BCUT2D eigenvalue weighted by Gasteiger charge is 2.19. The van der Waals surface area contributed by atoms with E-state index in [1.807, 2.05) is 0 Å². The van der Waals surface area contributed by atoms with Gasteiger partial charge >= 0.3 is 17.9 Å². The monoisotopic (exact) mass is 877 g/mol. The van der Waals surface area contributed by atoms with E-state index in [0.29, 0.717) is 19.3 Å². The second kappa shape index (κ2) is 50.5. The second-order valence-corrected chi connectivity index (χ2v) is 18.1. The zero-order valence-electron chi connectivity index (χ0n) is 40.9. The molecule has 358 valence electrons. The Morgan fingerprint density at radius 1 is 0.311 bits per heavy atom. The molecule has 0 amide bonds. The fraction of sp³-hybridized carbons (Fsp3) is 0.873. The van der Waals surface area contributed by atoms with Crippen molar-refractivity contribution in [3.8, 4) is 0 Å². The summed E-state index contributed by atoms with van der Waals surface area (Å²) in [5, 5.41) is 0. The number of carbonyl (C=O) groups is 3. The van der Waals surface area contributed by atoms with E-state index in [1.54, 1.807) is 0 Å². The summed E-state index contributed by atoms with van der Waals surface area (Å²) in [6.45, 7) is 6.64. The fourth-order valence-corrected chi connectivity index (χ4v) is 7.84. The molecule has 0 bridgehead atoms. The van der Waals surface area contributed by atoms with Gasteiger partial charge in [-0.25, -0.2) is 0 Å². The summed E-state index contributed by atoms with van der Waals surface area (Å²) in [6, 6.07) is 0. The van der Waals surface area contributed by atoms with E-state index in [9.17, 15) is 14.4 Å². The lowest BCUT2D eigenvalue weighted by atomic mass is 10.0. The van der Waals surface area contributed by atoms with E-state index in [0.717, 1.165) is 70.6 Å². The standard InChI is InChI=1S/C55H102O6/c1-4-7-10-13-16-19-22-25-27-30-33-36-39-42-45-48-54(57)60-51-52(50-59-53(56)47-44-41-38-35-32-29-24-21-18-15-12-9-6-3)61-55(58)49-46-43-40-37-34-31-28-26-23-20-17-14-11-8-5-2/h25-28,52H,4-24,29-51H2,1-3H3/b27-25-,28-26-/i2+1,5+1,8+1,11+1,14+1,17+1,20+1,23+1,26+1,28+1,31+1,34+1,37+1,40+1,43+1,46+1,49+1,55+1. The zero-order chi connectivity index (χ0) is 44.4. The number of rotatable bonds is 49. The van der Waals surface area contributed by atoms with Gasteiger partial charge in [-0.3, -0.25) is 14.4 Å². The van der Waals surface area contributed by atoms with Gasteiger partial charge in [0.2, 0.25) is 0 Å². The van der Waals surface area contributed by atoms with Crippen LogP contribution in [0.3, 0.4) is 0 Å². The van der Waals surface area contributed by atoms with Crippen LogP contribution in [0.5, 0.6) is 0 Å². The smallest absolute Gasteiger partial charge is 0.306 e. The Balaban J connectivity index is 4.37. The van der Waals surface area contributed by atoms with Gasteiger partial charge in [0.15, 0.2) is 6.10 Å². The van der Waals surface area contributed by atoms with Crippen molar-refractivity contribution in [3.63, 3.8) is 0 Å². The van der Waals surface area contributed by atoms with Crippen LogP contribution in [0.4, 0.5) is 0 Å². The van der Waals surface area contributed by atoms with Crippen LogP contribution in [0.25, 0.3) is 0 Å². The average Bonchev–Trinajstić information content (AvgIpc) is 3.26. The van der Waals surface area contributed by atoms with Crippen molar-refractivity contribution in [2.45, 2.75) is 297 Å². The number of ether oxygens (including phenoxy) is 3. The molecule has 6 nitrogen and oxygen atoms in total. The number of esters is 3. The number of hydrogen-bond donors (Lipinski definition) is 0. The van der Waals surface area contributed by atoms with E-state index in [2.05, 4.69) is 45.1 Å². The Kier molecular flexibility index (Phi) is 48.8. The first-order valence-corrected chi connectivity index (χ1v) is 26.8. The van der Waals surface area contributed by atoms with E-state index >= 15 is 0 Å². The van der Waals surface area contributed by atoms with Crippen LogP contribution >= 0.6 is 0 Å². The molecule has 0 saturated heterocycles. The van der Waals surface area contributed by atoms with Gasteiger partial charge in [0.05, 0.1) is 0 Å². The minimum Gasteiger partial charge on any atom is -0.462 e. The molecule has 1 unspecified atom stereocenters. The largest absolute Gasteiger partial charge is 0.462 e. The van der Waals surface area contributed by atoms with Gasteiger partial charge in [0, 0.05) is 19.3 Å². The molecule has 0 heterocycles. The van der Waals surface area contributed by atoms with E-state index in [-0.39, 0.29) is 31.1 Å². The molecule has 0 saturated carbocycles. The van der Waals surface area contributed by atoms with Gasteiger partial charge in [-0.2, -0.15) is 0 Å². The lowest BCUT2D eigenvalue weighted by molar-refractivity contribution is -0.167. The van der Waals surface area contributed by atoms with Crippen LogP contribution in [-0.4, -0.2) is 37.2 Å². The highest BCUT2D eigenvalue weighted by atomic mass is 16.7. The first-order valence-electron chi connectivity index (χ1n) is 26.8. The lowest BCUT2D eigenvalue weighted by Gasteiger charge is -2.18. The molecule has 6 heteroatoms. The summed E-state index contributed by atoms with van der Waals surface area (Å²) < 4.78 is 16.8. The minimum atomic E-state index is -0.774. The van der Waals surface area contributed by atoms with Gasteiger partial charge < -0.3 is 14.2 Å². The molecule has 0 aromatic heterocycles. The van der Waals surface area contributed by atoms with Crippen molar-refractivity contribution in [2.75, 3.05) is 13.2 Å². The quantitative estimate of drug-likeness (QED) is 0.0199. The topological polar surface area (TPSA) is 78.9 Å². The van der Waals surface area contributed by atoms with Gasteiger partial charge in [-0.05, 0) is 70.6 Å². The maximum absolute atomic E-state index is 12.8. The molecule has 0 radical (unpaired) electrons. The highest BCUT2D eigenvalue weighted by Crippen LogP contribution is 2.15. The molecular weight excluding hydrogens is 774 g/mol. The number of allylic oxidation sites excluding steroid dienone is 4. The van der Waals surface area contributed by atoms with Crippen LogP contribution in [-0.2, 0) is 28.6 Å². The Morgan fingerprint density at radius 2 is 0.541 bits per heavy atom. The minimum absolute atomic E-state index is 0.0733. The molecule has 0 aliphatic heterocycles. The van der Waals surface area contributed by atoms with Gasteiger partial charge in [0.1, 0.15) is 13.2 Å². The summed E-state index contributed by atoms with van der Waals surface area (Å²) in [5.41, 5.74) is 0. The maximum atomic E-state index is 12.8. The summed E-state index contributed by atoms with van der Waals surface area (Å²) in [7, 11) is 0. The average molecular weight is 877 g/mol. The maximum Gasteiger partial charge on any atom is 0.306 e. The van der Waals surface area contributed by atoms with Gasteiger partial charge in [-0.15, -0.1) is 0 Å². The summed E-state index contributed by atoms with van der Waals surface area (Å²) in [6.07, 6.45) is 57.3. The van der Waals surface area contributed by atoms with Crippen LogP contribution in [0.2, 0.25) is 0 Å². The Morgan fingerprint density at radius 3 is 0.820 bits per heavy atom. The van der Waals surface area contributed by atoms with Crippen molar-refractivity contribution in [1.82, 2.24) is 0 Å². The van der Waals surface area contributed by atoms with Crippen molar-refractivity contribution < 1.29 is 28.6 Å². The van der Waals surface area contributed by atoms with Crippen molar-refractivity contribution >= 4 is 17.9 Å². The van der Waals surface area contributed by atoms with Crippen molar-refractivity contribution in [2.24, 2.45) is 0 Å². The highest BCUT2D eigenvalue weighted by molar-refractivity contribution is 5.71. The van der Waals surface area contributed by atoms with E-state index in [1.165, 1.54) is 180 Å². The summed E-state index contributed by atoms with van der Waals surface area (Å²) >= 11 is 0. The third kappa shape index (κ3) is 48.8. The normalized spacial score (nSPS) is 12.1. The third-order valence-corrected chi connectivity index (χ3v) is 11.9. The summed E-state index contributed by atoms with van der Waals surface area (Å²) in [5.74, 6) is -0.876. The van der Waals surface area contributed by atoms with Gasteiger partial charge in [0.25, 0.3) is 0 Å². The first-order chi connectivity index (χ1) is 30.0. The molecule has 0 aromatic rings. The number of unbranched alkanes of at least 4 members (excludes halogenated alkanes) is 34. The van der Waals surface area contributed by atoms with Crippen molar-refractivity contribution in [1.29, 1.82) is 0 Å².